The number of Topliss-reactive ketones (excluding diaryl/α,β-unsaturated/α-hetero) is 1. The summed E-state index contributed by atoms with van der Waals surface area (Å²) in [7, 11) is 0. The predicted molar refractivity (Wildman–Crippen MR) is 59.8 cm³/mol. The van der Waals surface area contributed by atoms with Crippen molar-refractivity contribution in [1.82, 2.24) is 0 Å². The maximum atomic E-state index is 11.6. The summed E-state index contributed by atoms with van der Waals surface area (Å²) in [6.07, 6.45) is 1.42. The molecule has 0 aliphatic carbocycles. The Balaban J connectivity index is 3.03. The van der Waals surface area contributed by atoms with Crippen molar-refractivity contribution in [2.75, 3.05) is 0 Å². The lowest BCUT2D eigenvalue weighted by Crippen LogP contribution is -2.17. The minimum atomic E-state index is -1.17. The second-order valence-electron chi connectivity index (χ2n) is 3.44. The summed E-state index contributed by atoms with van der Waals surface area (Å²) in [4.78, 5) is 22.5. The first-order valence-electron chi connectivity index (χ1n) is 4.53. The van der Waals surface area contributed by atoms with Crippen molar-refractivity contribution in [3.63, 3.8) is 0 Å². The van der Waals surface area contributed by atoms with E-state index in [-0.39, 0.29) is 17.3 Å². The number of carboxylic acids is 1. The summed E-state index contributed by atoms with van der Waals surface area (Å²) in [6.45, 7) is 3.37. The molecule has 0 atom stereocenters. The third-order valence-electron chi connectivity index (χ3n) is 1.87. The molecule has 1 aromatic rings. The Hall–Kier alpha value is -1.42. The van der Waals surface area contributed by atoms with E-state index in [1.54, 1.807) is 25.3 Å². The van der Waals surface area contributed by atoms with Crippen LogP contribution < -0.4 is 0 Å². The van der Waals surface area contributed by atoms with Crippen LogP contribution in [-0.4, -0.2) is 16.9 Å². The molecule has 80 valence electrons. The summed E-state index contributed by atoms with van der Waals surface area (Å²) in [5.41, 5.74) is 0.606. The Bertz CT molecular complexity index is 388. The van der Waals surface area contributed by atoms with Gasteiger partial charge in [0.1, 0.15) is 5.57 Å². The highest BCUT2D eigenvalue weighted by atomic mass is 32.1. The van der Waals surface area contributed by atoms with Crippen molar-refractivity contribution >= 4 is 29.2 Å². The summed E-state index contributed by atoms with van der Waals surface area (Å²) in [5.74, 6) is -1.81. The van der Waals surface area contributed by atoms with Gasteiger partial charge in [0, 0.05) is 5.92 Å². The van der Waals surface area contributed by atoms with Crippen molar-refractivity contribution in [2.24, 2.45) is 5.92 Å². The van der Waals surface area contributed by atoms with Crippen LogP contribution in [0.5, 0.6) is 0 Å². The maximum absolute atomic E-state index is 11.6. The summed E-state index contributed by atoms with van der Waals surface area (Å²) < 4.78 is 0. The van der Waals surface area contributed by atoms with E-state index >= 15 is 0 Å². The molecule has 0 unspecified atom stereocenters. The molecule has 1 heterocycles. The van der Waals surface area contributed by atoms with Gasteiger partial charge in [0.05, 0.1) is 0 Å². The number of carbonyl (C=O) groups is 2. The van der Waals surface area contributed by atoms with Crippen molar-refractivity contribution in [1.29, 1.82) is 0 Å². The fourth-order valence-electron chi connectivity index (χ4n) is 1.07. The van der Waals surface area contributed by atoms with Crippen molar-refractivity contribution in [3.05, 3.63) is 28.0 Å². The first-order valence-corrected chi connectivity index (χ1v) is 5.48. The number of thiophene rings is 1. The molecule has 1 rings (SSSR count). The van der Waals surface area contributed by atoms with E-state index in [0.717, 1.165) is 5.56 Å². The quantitative estimate of drug-likeness (QED) is 0.485. The van der Waals surface area contributed by atoms with Gasteiger partial charge in [0.25, 0.3) is 0 Å². The third kappa shape index (κ3) is 3.02. The van der Waals surface area contributed by atoms with Crippen molar-refractivity contribution < 1.29 is 14.7 Å². The molecule has 0 spiro atoms. The second kappa shape index (κ2) is 4.89. The monoisotopic (exact) mass is 224 g/mol. The molecular formula is C11H12O3S. The average Bonchev–Trinajstić information content (AvgIpc) is 2.64. The van der Waals surface area contributed by atoms with E-state index in [1.165, 1.54) is 17.4 Å². The van der Waals surface area contributed by atoms with Gasteiger partial charge in [-0.3, -0.25) is 4.79 Å². The van der Waals surface area contributed by atoms with Gasteiger partial charge in [-0.2, -0.15) is 11.3 Å². The van der Waals surface area contributed by atoms with E-state index < -0.39 is 5.97 Å². The minimum Gasteiger partial charge on any atom is -0.478 e. The van der Waals surface area contributed by atoms with E-state index in [2.05, 4.69) is 0 Å². The van der Waals surface area contributed by atoms with Gasteiger partial charge in [0.15, 0.2) is 5.78 Å². The van der Waals surface area contributed by atoms with Crippen LogP contribution in [0.2, 0.25) is 0 Å². The Morgan fingerprint density at radius 3 is 2.53 bits per heavy atom. The van der Waals surface area contributed by atoms with Gasteiger partial charge in [-0.15, -0.1) is 0 Å². The van der Waals surface area contributed by atoms with Gasteiger partial charge in [-0.25, -0.2) is 4.79 Å². The molecule has 1 aromatic heterocycles. The molecule has 0 radical (unpaired) electrons. The highest BCUT2D eigenvalue weighted by molar-refractivity contribution is 7.08. The van der Waals surface area contributed by atoms with Crippen LogP contribution in [0.3, 0.4) is 0 Å². The first-order chi connectivity index (χ1) is 7.02. The van der Waals surface area contributed by atoms with Crippen LogP contribution in [0, 0.1) is 5.92 Å². The van der Waals surface area contributed by atoms with Crippen molar-refractivity contribution in [3.8, 4) is 0 Å². The fourth-order valence-corrected chi connectivity index (χ4v) is 1.69. The number of hydrogen-bond acceptors (Lipinski definition) is 3. The lowest BCUT2D eigenvalue weighted by Gasteiger charge is -2.03. The zero-order chi connectivity index (χ0) is 11.4. The number of hydrogen-bond donors (Lipinski definition) is 1. The Labute approximate surface area is 92.1 Å². The lowest BCUT2D eigenvalue weighted by molar-refractivity contribution is -0.135. The standard InChI is InChI=1S/C11H12O3S/c1-7(2)10(12)9(11(13)14)5-8-3-4-15-6-8/h3-7H,1-2H3,(H,13,14)/b9-5-. The van der Waals surface area contributed by atoms with Gasteiger partial charge in [-0.05, 0) is 28.5 Å². The normalized spacial score (nSPS) is 11.8. The Kier molecular flexibility index (Phi) is 3.80. The van der Waals surface area contributed by atoms with Crippen LogP contribution in [0.25, 0.3) is 6.08 Å². The molecule has 0 aromatic carbocycles. The molecule has 15 heavy (non-hydrogen) atoms. The molecule has 0 aliphatic heterocycles. The fraction of sp³-hybridized carbons (Fsp3) is 0.273. The number of carboxylic acid groups (broad SMARTS) is 1. The summed E-state index contributed by atoms with van der Waals surface area (Å²) in [5, 5.41) is 12.5. The average molecular weight is 224 g/mol. The summed E-state index contributed by atoms with van der Waals surface area (Å²) in [6, 6.07) is 1.78. The number of ketones is 1. The predicted octanol–water partition coefficient (Wildman–Crippen LogP) is 2.44. The summed E-state index contributed by atoms with van der Waals surface area (Å²) >= 11 is 1.46. The molecule has 4 heteroatoms. The zero-order valence-corrected chi connectivity index (χ0v) is 9.38. The molecule has 0 bridgehead atoms. The van der Waals surface area contributed by atoms with E-state index in [0.29, 0.717) is 0 Å². The van der Waals surface area contributed by atoms with Gasteiger partial charge < -0.3 is 5.11 Å². The largest absolute Gasteiger partial charge is 0.478 e. The van der Waals surface area contributed by atoms with Crippen LogP contribution in [-0.2, 0) is 9.59 Å². The Morgan fingerprint density at radius 2 is 2.13 bits per heavy atom. The lowest BCUT2D eigenvalue weighted by atomic mass is 10.00. The first kappa shape index (κ1) is 11.7. The topological polar surface area (TPSA) is 54.4 Å². The maximum Gasteiger partial charge on any atom is 0.339 e. The van der Waals surface area contributed by atoms with Crippen molar-refractivity contribution in [2.45, 2.75) is 13.8 Å². The van der Waals surface area contributed by atoms with E-state index in [1.807, 2.05) is 5.38 Å². The van der Waals surface area contributed by atoms with Crippen LogP contribution in [0.4, 0.5) is 0 Å². The van der Waals surface area contributed by atoms with Crippen LogP contribution in [0.15, 0.2) is 22.4 Å². The number of carbonyl (C=O) groups excluding carboxylic acids is 1. The molecule has 3 nitrogen and oxygen atoms in total. The highest BCUT2D eigenvalue weighted by Gasteiger charge is 2.19. The SMILES string of the molecule is CC(C)C(=O)/C(=C/c1ccsc1)C(=O)O. The molecule has 0 amide bonds. The molecule has 0 fully saturated rings. The molecular weight excluding hydrogens is 212 g/mol. The van der Waals surface area contributed by atoms with Gasteiger partial charge in [-0.1, -0.05) is 13.8 Å². The molecule has 0 saturated heterocycles. The Morgan fingerprint density at radius 1 is 1.47 bits per heavy atom. The van der Waals surface area contributed by atoms with Crippen LogP contribution in [0.1, 0.15) is 19.4 Å². The zero-order valence-electron chi connectivity index (χ0n) is 8.56. The highest BCUT2D eigenvalue weighted by Crippen LogP contribution is 2.14. The van der Waals surface area contributed by atoms with Gasteiger partial charge in [0.2, 0.25) is 0 Å². The smallest absolute Gasteiger partial charge is 0.339 e. The number of rotatable bonds is 4. The van der Waals surface area contributed by atoms with Gasteiger partial charge >= 0.3 is 5.97 Å². The number of aliphatic carboxylic acids is 1. The third-order valence-corrected chi connectivity index (χ3v) is 2.58. The van der Waals surface area contributed by atoms with E-state index in [4.69, 9.17) is 5.11 Å². The molecule has 1 N–H and O–H groups in total. The van der Waals surface area contributed by atoms with Crippen LogP contribution >= 0.6 is 11.3 Å². The molecule has 0 aliphatic rings. The minimum absolute atomic E-state index is 0.150. The second-order valence-corrected chi connectivity index (χ2v) is 4.22. The molecule has 0 saturated carbocycles. The van der Waals surface area contributed by atoms with E-state index in [9.17, 15) is 9.59 Å².